The molecule has 0 bridgehead atoms. The van der Waals surface area contributed by atoms with E-state index in [9.17, 15) is 19.5 Å². The summed E-state index contributed by atoms with van der Waals surface area (Å²) in [7, 11) is 0. The molecule has 1 saturated heterocycles. The van der Waals surface area contributed by atoms with Gasteiger partial charge in [-0.25, -0.2) is 0 Å². The third-order valence-corrected chi connectivity index (χ3v) is 9.61. The Morgan fingerprint density at radius 1 is 0.667 bits per heavy atom. The number of hydrogen-bond donors (Lipinski definition) is 3. The zero-order valence-electron chi connectivity index (χ0n) is 24.2. The molecule has 5 aromatic rings. The van der Waals surface area contributed by atoms with Gasteiger partial charge in [0.05, 0.1) is 12.1 Å². The van der Waals surface area contributed by atoms with Crippen LogP contribution in [0.25, 0.3) is 0 Å². The van der Waals surface area contributed by atoms with E-state index in [1.807, 2.05) is 115 Å². The molecule has 0 saturated carbocycles. The van der Waals surface area contributed by atoms with E-state index >= 15 is 0 Å². The maximum absolute atomic E-state index is 12.7. The van der Waals surface area contributed by atoms with Gasteiger partial charge in [-0.15, -0.1) is 23.5 Å². The summed E-state index contributed by atoms with van der Waals surface area (Å²) in [6.45, 7) is 0. The molecular formula is C37H32N2O4S2. The van der Waals surface area contributed by atoms with Gasteiger partial charge < -0.3 is 15.7 Å². The molecule has 0 aromatic heterocycles. The van der Waals surface area contributed by atoms with E-state index in [1.165, 1.54) is 17.3 Å². The van der Waals surface area contributed by atoms with Crippen molar-refractivity contribution in [2.75, 3.05) is 0 Å². The molecule has 4 atom stereocenters. The summed E-state index contributed by atoms with van der Waals surface area (Å²) >= 11 is 2.85. The average molecular weight is 633 g/mol. The van der Waals surface area contributed by atoms with Gasteiger partial charge in [0.15, 0.2) is 0 Å². The van der Waals surface area contributed by atoms with Crippen LogP contribution in [0.4, 0.5) is 0 Å². The topological polar surface area (TPSA) is 95.5 Å². The molecule has 45 heavy (non-hydrogen) atoms. The number of β-lactam (4-membered cyclic amide) rings is 1. The molecule has 226 valence electrons. The Kier molecular flexibility index (Phi) is 11.1. The second-order valence-corrected chi connectivity index (χ2v) is 12.6. The number of aliphatic carboxylic acids is 1. The van der Waals surface area contributed by atoms with Gasteiger partial charge in [0.25, 0.3) is 5.91 Å². The van der Waals surface area contributed by atoms with Crippen molar-refractivity contribution in [3.8, 4) is 0 Å². The number of benzene rings is 5. The number of nitrogens with one attached hydrogen (secondary N) is 2. The van der Waals surface area contributed by atoms with Crippen LogP contribution in [0, 0.1) is 0 Å². The van der Waals surface area contributed by atoms with Gasteiger partial charge in [0, 0.05) is 15.4 Å². The minimum Gasteiger partial charge on any atom is -0.480 e. The van der Waals surface area contributed by atoms with Crippen LogP contribution in [-0.4, -0.2) is 33.4 Å². The van der Waals surface area contributed by atoms with Crippen LogP contribution in [0.3, 0.4) is 0 Å². The minimum atomic E-state index is -0.980. The molecule has 1 aliphatic heterocycles. The van der Waals surface area contributed by atoms with E-state index in [-0.39, 0.29) is 23.1 Å². The van der Waals surface area contributed by atoms with Gasteiger partial charge in [0.1, 0.15) is 10.5 Å². The van der Waals surface area contributed by atoms with Crippen molar-refractivity contribution in [2.45, 2.75) is 32.4 Å². The monoisotopic (exact) mass is 632 g/mol. The number of amides is 2. The highest BCUT2D eigenvalue weighted by molar-refractivity contribution is 8.01. The van der Waals surface area contributed by atoms with Crippen molar-refractivity contribution >= 4 is 41.3 Å². The second-order valence-electron chi connectivity index (χ2n) is 10.2. The van der Waals surface area contributed by atoms with Gasteiger partial charge in [-0.3, -0.25) is 14.4 Å². The fourth-order valence-electron chi connectivity index (χ4n) is 4.77. The Labute approximate surface area is 271 Å². The quantitative estimate of drug-likeness (QED) is 0.110. The molecule has 2 amide bonds. The van der Waals surface area contributed by atoms with E-state index in [0.717, 1.165) is 15.4 Å². The molecule has 0 spiro atoms. The molecular weight excluding hydrogens is 601 g/mol. The largest absolute Gasteiger partial charge is 0.480 e. The van der Waals surface area contributed by atoms with Gasteiger partial charge in [-0.2, -0.15) is 0 Å². The molecule has 1 aliphatic rings. The number of carbonyl (C=O) groups is 3. The minimum absolute atomic E-state index is 0.0187. The summed E-state index contributed by atoms with van der Waals surface area (Å²) in [5.41, 5.74) is 2.41. The van der Waals surface area contributed by atoms with Crippen LogP contribution in [-0.2, 0) is 9.59 Å². The van der Waals surface area contributed by atoms with Gasteiger partial charge in [-0.05, 0) is 47.5 Å². The van der Waals surface area contributed by atoms with Gasteiger partial charge in [0.2, 0.25) is 5.91 Å². The third-order valence-electron chi connectivity index (χ3n) is 7.06. The molecule has 0 radical (unpaired) electrons. The van der Waals surface area contributed by atoms with Crippen molar-refractivity contribution < 1.29 is 19.5 Å². The number of carbonyl (C=O) groups excluding carboxylic acids is 2. The SMILES string of the molecule is O=C(N[C@@H](c1ccccc1)[C@H](Sc1ccccc1)C(=O)O)c1ccccc1.O=C1N[C@@H](c2ccccc2)[C@@H]1Sc1ccccc1. The Morgan fingerprint density at radius 2 is 1.16 bits per heavy atom. The van der Waals surface area contributed by atoms with E-state index in [2.05, 4.69) is 22.8 Å². The Hall–Kier alpha value is -4.79. The number of thioether (sulfide) groups is 2. The number of carboxylic acid groups (broad SMARTS) is 1. The highest BCUT2D eigenvalue weighted by atomic mass is 32.2. The number of rotatable bonds is 10. The lowest BCUT2D eigenvalue weighted by Gasteiger charge is -2.36. The van der Waals surface area contributed by atoms with E-state index in [4.69, 9.17) is 0 Å². The molecule has 6 nitrogen and oxygen atoms in total. The zero-order chi connectivity index (χ0) is 31.4. The second kappa shape index (κ2) is 15.8. The average Bonchev–Trinajstić information content (AvgIpc) is 3.10. The Balaban J connectivity index is 0.000000192. The fourth-order valence-corrected chi connectivity index (χ4v) is 6.98. The normalized spacial score (nSPS) is 16.5. The van der Waals surface area contributed by atoms with Gasteiger partial charge in [-0.1, -0.05) is 115 Å². The number of carboxylic acids is 1. The first-order chi connectivity index (χ1) is 22.0. The standard InChI is InChI=1S/C22H19NO3S.C15H13NOS/c24-21(17-12-6-2-7-13-17)23-19(16-10-4-1-5-11-16)20(22(25)26)27-18-14-8-3-9-15-18;17-15-14(18-12-9-5-2-6-10-12)13(16-15)11-7-3-1-4-8-11/h1-15,19-20H,(H,23,24)(H,25,26);1-10,13-14H,(H,16,17)/t19-,20-;13-,14-/m00/s1. The van der Waals surface area contributed by atoms with Crippen LogP contribution in [0.15, 0.2) is 161 Å². The van der Waals surface area contributed by atoms with E-state index in [0.29, 0.717) is 5.56 Å². The summed E-state index contributed by atoms with van der Waals surface area (Å²) in [5.74, 6) is -1.16. The van der Waals surface area contributed by atoms with E-state index in [1.54, 1.807) is 36.0 Å². The van der Waals surface area contributed by atoms with Gasteiger partial charge >= 0.3 is 5.97 Å². The van der Waals surface area contributed by atoms with E-state index < -0.39 is 17.3 Å². The van der Waals surface area contributed by atoms with Crippen molar-refractivity contribution in [3.63, 3.8) is 0 Å². The van der Waals surface area contributed by atoms with Crippen LogP contribution in [0.2, 0.25) is 0 Å². The van der Waals surface area contributed by atoms with Crippen LogP contribution in [0.1, 0.15) is 33.6 Å². The first-order valence-electron chi connectivity index (χ1n) is 14.4. The molecule has 3 N–H and O–H groups in total. The Morgan fingerprint density at radius 3 is 1.69 bits per heavy atom. The molecule has 1 heterocycles. The summed E-state index contributed by atoms with van der Waals surface area (Å²) in [5, 5.41) is 14.9. The molecule has 5 aromatic carbocycles. The fraction of sp³-hybridized carbons (Fsp3) is 0.108. The van der Waals surface area contributed by atoms with Crippen LogP contribution >= 0.6 is 23.5 Å². The summed E-state index contributed by atoms with van der Waals surface area (Å²) in [6, 6.07) is 46.9. The summed E-state index contributed by atoms with van der Waals surface area (Å²) < 4.78 is 0. The number of hydrogen-bond acceptors (Lipinski definition) is 5. The highest BCUT2D eigenvalue weighted by Crippen LogP contribution is 2.38. The maximum Gasteiger partial charge on any atom is 0.319 e. The Bertz CT molecular complexity index is 1680. The predicted molar refractivity (Wildman–Crippen MR) is 180 cm³/mol. The smallest absolute Gasteiger partial charge is 0.319 e. The third kappa shape index (κ3) is 8.65. The molecule has 8 heteroatoms. The lowest BCUT2D eigenvalue weighted by Crippen LogP contribution is -2.53. The predicted octanol–water partition coefficient (Wildman–Crippen LogP) is 7.42. The molecule has 0 aliphatic carbocycles. The van der Waals surface area contributed by atoms with Crippen LogP contribution < -0.4 is 10.6 Å². The van der Waals surface area contributed by atoms with Crippen molar-refractivity contribution in [1.82, 2.24) is 10.6 Å². The lowest BCUT2D eigenvalue weighted by atomic mass is 9.97. The molecule has 0 unspecified atom stereocenters. The zero-order valence-corrected chi connectivity index (χ0v) is 25.9. The van der Waals surface area contributed by atoms with Crippen molar-refractivity contribution in [1.29, 1.82) is 0 Å². The highest BCUT2D eigenvalue weighted by Gasteiger charge is 2.40. The van der Waals surface area contributed by atoms with Crippen molar-refractivity contribution in [2.24, 2.45) is 0 Å². The lowest BCUT2D eigenvalue weighted by molar-refractivity contribution is -0.137. The molecule has 1 fully saturated rings. The maximum atomic E-state index is 12.7. The first-order valence-corrected chi connectivity index (χ1v) is 16.2. The summed E-state index contributed by atoms with van der Waals surface area (Å²) in [4.78, 5) is 38.4. The summed E-state index contributed by atoms with van der Waals surface area (Å²) in [6.07, 6.45) is 0. The van der Waals surface area contributed by atoms with Crippen LogP contribution in [0.5, 0.6) is 0 Å². The first kappa shape index (κ1) is 31.6. The van der Waals surface area contributed by atoms with Crippen molar-refractivity contribution in [3.05, 3.63) is 168 Å². The molecule has 6 rings (SSSR count).